The van der Waals surface area contributed by atoms with Gasteiger partial charge in [-0.15, -0.1) is 0 Å². The highest BCUT2D eigenvalue weighted by atomic mass is 16.6. The van der Waals surface area contributed by atoms with Gasteiger partial charge < -0.3 is 14.2 Å². The molecule has 0 aliphatic rings. The lowest BCUT2D eigenvalue weighted by molar-refractivity contribution is -0.163. The van der Waals surface area contributed by atoms with Crippen molar-refractivity contribution in [2.24, 2.45) is 0 Å². The summed E-state index contributed by atoms with van der Waals surface area (Å²) in [4.78, 5) is 25.6. The number of hydrogen-bond acceptors (Lipinski definition) is 5. The van der Waals surface area contributed by atoms with Crippen LogP contribution < -0.4 is 0 Å². The van der Waals surface area contributed by atoms with Crippen LogP contribution >= 0.6 is 0 Å². The zero-order valence-electron chi connectivity index (χ0n) is 47.3. The Morgan fingerprint density at radius 3 is 1.00 bits per heavy atom. The van der Waals surface area contributed by atoms with Gasteiger partial charge in [0.25, 0.3) is 0 Å². The highest BCUT2D eigenvalue weighted by molar-refractivity contribution is 5.70. The summed E-state index contributed by atoms with van der Waals surface area (Å²) in [6.07, 6.45) is 77.1. The summed E-state index contributed by atoms with van der Waals surface area (Å²) < 4.78 is 17.5. The third-order valence-electron chi connectivity index (χ3n) is 13.8. The molecule has 0 spiro atoms. The van der Waals surface area contributed by atoms with Crippen molar-refractivity contribution in [3.63, 3.8) is 0 Å². The maximum atomic E-state index is 12.9. The molecule has 5 heteroatoms. The predicted molar refractivity (Wildman–Crippen MR) is 307 cm³/mol. The van der Waals surface area contributed by atoms with Crippen LogP contribution in [0, 0.1) is 0 Å². The Labute approximate surface area is 437 Å². The van der Waals surface area contributed by atoms with Crippen LogP contribution in [0.25, 0.3) is 0 Å². The molecule has 5 nitrogen and oxygen atoms in total. The van der Waals surface area contributed by atoms with E-state index < -0.39 is 6.10 Å². The number of hydrogen-bond donors (Lipinski definition) is 0. The molecule has 0 aliphatic carbocycles. The van der Waals surface area contributed by atoms with E-state index in [0.29, 0.717) is 19.4 Å². The molecule has 410 valence electrons. The van der Waals surface area contributed by atoms with Crippen LogP contribution in [0.5, 0.6) is 0 Å². The quantitative estimate of drug-likeness (QED) is 0.0345. The third kappa shape index (κ3) is 58.4. The highest BCUT2D eigenvalue weighted by Crippen LogP contribution is 2.17. The summed E-state index contributed by atoms with van der Waals surface area (Å²) in [6.45, 7) is 7.84. The first-order valence-corrected chi connectivity index (χ1v) is 31.2. The number of esters is 2. The smallest absolute Gasteiger partial charge is 0.306 e. The Morgan fingerprint density at radius 1 is 0.314 bits per heavy atom. The lowest BCUT2D eigenvalue weighted by Gasteiger charge is -2.18. The van der Waals surface area contributed by atoms with Crippen LogP contribution in [0.15, 0.2) is 48.6 Å². The summed E-state index contributed by atoms with van der Waals surface area (Å²) in [5.74, 6) is -0.394. The second-order valence-corrected chi connectivity index (χ2v) is 21.0. The van der Waals surface area contributed by atoms with E-state index in [4.69, 9.17) is 14.2 Å². The van der Waals surface area contributed by atoms with Crippen molar-refractivity contribution in [1.29, 1.82) is 0 Å². The zero-order valence-corrected chi connectivity index (χ0v) is 47.3. The van der Waals surface area contributed by atoms with Crippen LogP contribution in [0.2, 0.25) is 0 Å². The van der Waals surface area contributed by atoms with E-state index >= 15 is 0 Å². The second kappa shape index (κ2) is 61.2. The molecule has 0 aromatic heterocycles. The molecule has 0 saturated heterocycles. The molecule has 1 atom stereocenters. The number of carbonyl (C=O) groups is 2. The number of rotatable bonds is 58. The first-order valence-electron chi connectivity index (χ1n) is 31.2. The minimum Gasteiger partial charge on any atom is -0.462 e. The van der Waals surface area contributed by atoms with E-state index in [1.807, 2.05) is 0 Å². The molecule has 1 unspecified atom stereocenters. The molecule has 0 N–H and O–H groups in total. The van der Waals surface area contributed by atoms with Crippen LogP contribution in [0.3, 0.4) is 0 Å². The molecular weight excluding hydrogens is 861 g/mol. The molecule has 0 amide bonds. The van der Waals surface area contributed by atoms with Gasteiger partial charge in [0.05, 0.1) is 6.61 Å². The average Bonchev–Trinajstić information content (AvgIpc) is 3.36. The number of unbranched alkanes of at least 4 members (excludes halogenated alkanes) is 39. The maximum absolute atomic E-state index is 12.9. The molecule has 70 heavy (non-hydrogen) atoms. The molecule has 0 aliphatic heterocycles. The van der Waals surface area contributed by atoms with Gasteiger partial charge in [-0.2, -0.15) is 0 Å². The minimum atomic E-state index is -0.542. The van der Waals surface area contributed by atoms with E-state index in [0.717, 1.165) is 64.2 Å². The topological polar surface area (TPSA) is 61.8 Å². The molecular formula is C65H120O5. The normalized spacial score (nSPS) is 12.4. The number of allylic oxidation sites excluding steroid dienone is 8. The monoisotopic (exact) mass is 981 g/mol. The Bertz CT molecular complexity index is 1150. The molecule has 0 heterocycles. The first-order chi connectivity index (χ1) is 34.6. The average molecular weight is 982 g/mol. The molecule has 0 rings (SSSR count). The highest BCUT2D eigenvalue weighted by Gasteiger charge is 2.17. The summed E-state index contributed by atoms with van der Waals surface area (Å²) in [5.41, 5.74) is 0. The van der Waals surface area contributed by atoms with Gasteiger partial charge in [-0.25, -0.2) is 0 Å². The molecule has 0 saturated carbocycles. The van der Waals surface area contributed by atoms with Crippen molar-refractivity contribution in [1.82, 2.24) is 0 Å². The SMILES string of the molecule is CCCCC/C=C\C/C=C\C/C=C\CCCCCCCCC(=O)OCC(COCCCCCCCCCC/C=C\CCCCCCCC)OC(=O)CCCCCCCCCCCCCCCCCCC. The van der Waals surface area contributed by atoms with E-state index in [9.17, 15) is 9.59 Å². The Balaban J connectivity index is 4.27. The fraction of sp³-hybridized carbons (Fsp3) is 0.846. The van der Waals surface area contributed by atoms with Crippen molar-refractivity contribution < 1.29 is 23.8 Å². The van der Waals surface area contributed by atoms with Crippen molar-refractivity contribution in [3.8, 4) is 0 Å². The van der Waals surface area contributed by atoms with Crippen molar-refractivity contribution in [2.75, 3.05) is 19.8 Å². The number of ether oxygens (including phenoxy) is 3. The lowest BCUT2D eigenvalue weighted by Crippen LogP contribution is -2.30. The van der Waals surface area contributed by atoms with Crippen LogP contribution in [-0.4, -0.2) is 37.9 Å². The van der Waals surface area contributed by atoms with Gasteiger partial charge in [0.2, 0.25) is 0 Å². The standard InChI is InChI=1S/C65H120O5/c1-4-7-10-13-16-19-22-25-28-31-33-35-37-40-43-46-49-52-55-58-64(66)69-62-63(61-68-60-57-54-51-48-45-42-39-36-32-29-26-23-20-17-14-11-8-5-2)70-65(67)59-56-53-50-47-44-41-38-34-30-27-24-21-18-15-12-9-6-3/h16,19,25-26,28-29,33,35,63H,4-15,17-18,20-24,27,30-32,34,36-62H2,1-3H3/b19-16-,28-25-,29-26-,35-33-. The molecule has 0 radical (unpaired) electrons. The molecule has 0 aromatic carbocycles. The Morgan fingerprint density at radius 2 is 0.600 bits per heavy atom. The summed E-state index contributed by atoms with van der Waals surface area (Å²) >= 11 is 0. The molecule has 0 aromatic rings. The van der Waals surface area contributed by atoms with E-state index in [2.05, 4.69) is 69.4 Å². The van der Waals surface area contributed by atoms with Crippen molar-refractivity contribution in [3.05, 3.63) is 48.6 Å². The predicted octanol–water partition coefficient (Wildman–Crippen LogP) is 21.5. The third-order valence-corrected chi connectivity index (χ3v) is 13.8. The second-order valence-electron chi connectivity index (χ2n) is 21.0. The van der Waals surface area contributed by atoms with Gasteiger partial charge in [0.1, 0.15) is 6.61 Å². The Kier molecular flexibility index (Phi) is 59.3. The van der Waals surface area contributed by atoms with Crippen LogP contribution in [0.4, 0.5) is 0 Å². The van der Waals surface area contributed by atoms with Crippen molar-refractivity contribution >= 4 is 11.9 Å². The first kappa shape index (κ1) is 67.9. The summed E-state index contributed by atoms with van der Waals surface area (Å²) in [7, 11) is 0. The van der Waals surface area contributed by atoms with Gasteiger partial charge in [0.15, 0.2) is 6.10 Å². The van der Waals surface area contributed by atoms with E-state index in [1.54, 1.807) is 0 Å². The van der Waals surface area contributed by atoms with Gasteiger partial charge in [-0.05, 0) is 83.5 Å². The van der Waals surface area contributed by atoms with E-state index in [1.165, 1.54) is 231 Å². The lowest BCUT2D eigenvalue weighted by atomic mass is 10.0. The van der Waals surface area contributed by atoms with E-state index in [-0.39, 0.29) is 25.2 Å². The summed E-state index contributed by atoms with van der Waals surface area (Å²) in [5, 5.41) is 0. The minimum absolute atomic E-state index is 0.0814. The van der Waals surface area contributed by atoms with Gasteiger partial charge >= 0.3 is 11.9 Å². The van der Waals surface area contributed by atoms with Gasteiger partial charge in [0, 0.05) is 19.4 Å². The molecule has 0 fully saturated rings. The van der Waals surface area contributed by atoms with Crippen LogP contribution in [-0.2, 0) is 23.8 Å². The number of carbonyl (C=O) groups excluding carboxylic acids is 2. The largest absolute Gasteiger partial charge is 0.462 e. The fourth-order valence-corrected chi connectivity index (χ4v) is 9.16. The Hall–Kier alpha value is -2.14. The zero-order chi connectivity index (χ0) is 50.6. The summed E-state index contributed by atoms with van der Waals surface area (Å²) in [6, 6.07) is 0. The molecule has 0 bridgehead atoms. The maximum Gasteiger partial charge on any atom is 0.306 e. The van der Waals surface area contributed by atoms with Gasteiger partial charge in [-0.1, -0.05) is 281 Å². The van der Waals surface area contributed by atoms with Crippen molar-refractivity contribution in [2.45, 2.75) is 335 Å². The van der Waals surface area contributed by atoms with Gasteiger partial charge in [-0.3, -0.25) is 9.59 Å². The van der Waals surface area contributed by atoms with Crippen LogP contribution in [0.1, 0.15) is 329 Å². The fourth-order valence-electron chi connectivity index (χ4n) is 9.16.